The zero-order chi connectivity index (χ0) is 20.0. The molecule has 0 saturated heterocycles. The van der Waals surface area contributed by atoms with Crippen LogP contribution < -0.4 is 10.6 Å². The van der Waals surface area contributed by atoms with Gasteiger partial charge >= 0.3 is 6.18 Å². The third-order valence-corrected chi connectivity index (χ3v) is 3.84. The van der Waals surface area contributed by atoms with Crippen LogP contribution in [0.3, 0.4) is 0 Å². The van der Waals surface area contributed by atoms with Gasteiger partial charge in [0.05, 0.1) is 17.2 Å². The number of anilines is 1. The molecular formula is C20H20F3N3O. The zero-order valence-electron chi connectivity index (χ0n) is 15.0. The molecular weight excluding hydrogens is 355 g/mol. The van der Waals surface area contributed by atoms with E-state index in [1.165, 1.54) is 6.07 Å². The second kappa shape index (κ2) is 8.69. The standard InChI is InChI=1S/C20H20F3N3O/c1-13(2)12-25-18(19(27)26-16-6-4-3-5-7-16)14-8-9-15(11-24)17(10-14)20(21,22)23/h3-10,13,18,25H,12H2,1-2H3,(H,26,27). The molecule has 142 valence electrons. The van der Waals surface area contributed by atoms with Crippen molar-refractivity contribution in [3.63, 3.8) is 0 Å². The quantitative estimate of drug-likeness (QED) is 0.781. The van der Waals surface area contributed by atoms with E-state index in [9.17, 15) is 18.0 Å². The number of nitrogens with one attached hydrogen (secondary N) is 2. The topological polar surface area (TPSA) is 64.9 Å². The van der Waals surface area contributed by atoms with Crippen molar-refractivity contribution < 1.29 is 18.0 Å². The minimum absolute atomic E-state index is 0.149. The first-order valence-corrected chi connectivity index (χ1v) is 8.43. The van der Waals surface area contributed by atoms with E-state index < -0.39 is 29.3 Å². The molecule has 4 nitrogen and oxygen atoms in total. The van der Waals surface area contributed by atoms with Crippen molar-refractivity contribution in [3.8, 4) is 6.07 Å². The molecule has 0 saturated carbocycles. The first kappa shape index (κ1) is 20.5. The van der Waals surface area contributed by atoms with Crippen LogP contribution in [0.1, 0.15) is 36.6 Å². The number of hydrogen-bond acceptors (Lipinski definition) is 3. The predicted octanol–water partition coefficient (Wildman–Crippen LogP) is 4.50. The van der Waals surface area contributed by atoms with Gasteiger partial charge in [-0.05, 0) is 42.3 Å². The van der Waals surface area contributed by atoms with Crippen LogP contribution in [-0.2, 0) is 11.0 Å². The van der Waals surface area contributed by atoms with E-state index >= 15 is 0 Å². The summed E-state index contributed by atoms with van der Waals surface area (Å²) >= 11 is 0. The molecule has 2 aromatic rings. The molecule has 0 bridgehead atoms. The van der Waals surface area contributed by atoms with Crippen LogP contribution in [0, 0.1) is 17.2 Å². The second-order valence-corrected chi connectivity index (χ2v) is 6.50. The Kier molecular flexibility index (Phi) is 6.59. The zero-order valence-corrected chi connectivity index (χ0v) is 15.0. The fraction of sp³-hybridized carbons (Fsp3) is 0.300. The van der Waals surface area contributed by atoms with Gasteiger partial charge in [0.2, 0.25) is 5.91 Å². The number of benzene rings is 2. The first-order valence-electron chi connectivity index (χ1n) is 8.43. The Morgan fingerprint density at radius 2 is 1.81 bits per heavy atom. The van der Waals surface area contributed by atoms with Crippen LogP contribution in [-0.4, -0.2) is 12.5 Å². The van der Waals surface area contributed by atoms with Gasteiger partial charge in [-0.15, -0.1) is 0 Å². The number of nitrogens with zero attached hydrogens (tertiary/aromatic N) is 1. The van der Waals surface area contributed by atoms with E-state index in [4.69, 9.17) is 5.26 Å². The first-order chi connectivity index (χ1) is 12.7. The van der Waals surface area contributed by atoms with Crippen molar-refractivity contribution in [2.75, 3.05) is 11.9 Å². The van der Waals surface area contributed by atoms with Gasteiger partial charge in [-0.25, -0.2) is 0 Å². The monoisotopic (exact) mass is 375 g/mol. The molecule has 0 aliphatic carbocycles. The van der Waals surface area contributed by atoms with Gasteiger partial charge < -0.3 is 10.6 Å². The highest BCUT2D eigenvalue weighted by molar-refractivity contribution is 5.95. The number of rotatable bonds is 6. The molecule has 0 radical (unpaired) electrons. The van der Waals surface area contributed by atoms with Crippen LogP contribution in [0.25, 0.3) is 0 Å². The number of carbonyl (C=O) groups is 1. The Morgan fingerprint density at radius 1 is 1.15 bits per heavy atom. The van der Waals surface area contributed by atoms with Crippen molar-refractivity contribution in [3.05, 3.63) is 65.2 Å². The van der Waals surface area contributed by atoms with Crippen LogP contribution in [0.15, 0.2) is 48.5 Å². The van der Waals surface area contributed by atoms with Crippen molar-refractivity contribution in [2.45, 2.75) is 26.1 Å². The largest absolute Gasteiger partial charge is 0.417 e. The van der Waals surface area contributed by atoms with Crippen molar-refractivity contribution in [1.82, 2.24) is 5.32 Å². The van der Waals surface area contributed by atoms with Crippen LogP contribution in [0.5, 0.6) is 0 Å². The van der Waals surface area contributed by atoms with E-state index in [-0.39, 0.29) is 11.5 Å². The lowest BCUT2D eigenvalue weighted by atomic mass is 9.98. The normalized spacial score (nSPS) is 12.5. The average Bonchev–Trinajstić information content (AvgIpc) is 2.61. The lowest BCUT2D eigenvalue weighted by Gasteiger charge is -2.21. The highest BCUT2D eigenvalue weighted by Crippen LogP contribution is 2.33. The van der Waals surface area contributed by atoms with Gasteiger partial charge in [0.1, 0.15) is 6.04 Å². The molecule has 0 heterocycles. The van der Waals surface area contributed by atoms with Crippen molar-refractivity contribution in [2.24, 2.45) is 5.92 Å². The molecule has 0 spiro atoms. The second-order valence-electron chi connectivity index (χ2n) is 6.50. The number of amides is 1. The molecule has 7 heteroatoms. The number of nitriles is 1. The summed E-state index contributed by atoms with van der Waals surface area (Å²) in [6.07, 6.45) is -4.68. The van der Waals surface area contributed by atoms with E-state index in [1.807, 2.05) is 13.8 Å². The van der Waals surface area contributed by atoms with E-state index in [0.29, 0.717) is 12.2 Å². The number of alkyl halides is 3. The number of halogens is 3. The molecule has 0 fully saturated rings. The van der Waals surface area contributed by atoms with Gasteiger partial charge in [-0.3, -0.25) is 4.79 Å². The number of hydrogen-bond donors (Lipinski definition) is 2. The fourth-order valence-electron chi connectivity index (χ4n) is 2.52. The summed E-state index contributed by atoms with van der Waals surface area (Å²) < 4.78 is 39.8. The molecule has 1 amide bonds. The van der Waals surface area contributed by atoms with E-state index in [2.05, 4.69) is 10.6 Å². The molecule has 27 heavy (non-hydrogen) atoms. The highest BCUT2D eigenvalue weighted by atomic mass is 19.4. The fourth-order valence-corrected chi connectivity index (χ4v) is 2.52. The Hall–Kier alpha value is -2.85. The summed E-state index contributed by atoms with van der Waals surface area (Å²) in [4.78, 5) is 12.7. The molecule has 2 N–H and O–H groups in total. The molecule has 1 atom stereocenters. The van der Waals surface area contributed by atoms with Gasteiger partial charge in [-0.2, -0.15) is 18.4 Å². The average molecular weight is 375 g/mol. The maximum Gasteiger partial charge on any atom is 0.417 e. The number of carbonyl (C=O) groups excluding carboxylic acids is 1. The summed E-state index contributed by atoms with van der Waals surface area (Å²) in [5.41, 5.74) is -0.831. The van der Waals surface area contributed by atoms with Crippen LogP contribution in [0.2, 0.25) is 0 Å². The Morgan fingerprint density at radius 3 is 2.37 bits per heavy atom. The Bertz CT molecular complexity index is 827. The van der Waals surface area contributed by atoms with E-state index in [0.717, 1.165) is 12.1 Å². The predicted molar refractivity (Wildman–Crippen MR) is 96.8 cm³/mol. The number of para-hydroxylation sites is 1. The molecule has 0 aliphatic heterocycles. The maximum absolute atomic E-state index is 13.3. The van der Waals surface area contributed by atoms with Crippen molar-refractivity contribution in [1.29, 1.82) is 5.26 Å². The summed E-state index contributed by atoms with van der Waals surface area (Å²) in [5, 5.41) is 14.7. The third-order valence-electron chi connectivity index (χ3n) is 3.84. The SMILES string of the molecule is CC(C)CNC(C(=O)Nc1ccccc1)c1ccc(C#N)c(C(F)(F)F)c1. The summed E-state index contributed by atoms with van der Waals surface area (Å²) in [5.74, 6) is -0.280. The van der Waals surface area contributed by atoms with Crippen LogP contribution >= 0.6 is 0 Å². The smallest absolute Gasteiger partial charge is 0.324 e. The minimum atomic E-state index is -4.68. The van der Waals surface area contributed by atoms with Crippen molar-refractivity contribution >= 4 is 11.6 Å². The molecule has 2 aromatic carbocycles. The van der Waals surface area contributed by atoms with Gasteiger partial charge in [0.15, 0.2) is 0 Å². The summed E-state index contributed by atoms with van der Waals surface area (Å²) in [6.45, 7) is 4.30. The third kappa shape index (κ3) is 5.56. The van der Waals surface area contributed by atoms with Crippen LogP contribution in [0.4, 0.5) is 18.9 Å². The maximum atomic E-state index is 13.3. The Balaban J connectivity index is 2.38. The molecule has 0 aliphatic rings. The Labute approximate surface area is 156 Å². The van der Waals surface area contributed by atoms with Gasteiger partial charge in [-0.1, -0.05) is 38.1 Å². The summed E-state index contributed by atoms with van der Waals surface area (Å²) in [6, 6.07) is 12.6. The summed E-state index contributed by atoms with van der Waals surface area (Å²) in [7, 11) is 0. The van der Waals surface area contributed by atoms with Gasteiger partial charge in [0.25, 0.3) is 0 Å². The molecule has 0 aromatic heterocycles. The lowest BCUT2D eigenvalue weighted by Crippen LogP contribution is -2.35. The molecule has 1 unspecified atom stereocenters. The minimum Gasteiger partial charge on any atom is -0.324 e. The van der Waals surface area contributed by atoms with Gasteiger partial charge in [0, 0.05) is 5.69 Å². The lowest BCUT2D eigenvalue weighted by molar-refractivity contribution is -0.138. The van der Waals surface area contributed by atoms with E-state index in [1.54, 1.807) is 36.4 Å². The highest BCUT2D eigenvalue weighted by Gasteiger charge is 2.35. The molecule has 2 rings (SSSR count).